The second-order valence-electron chi connectivity index (χ2n) is 15.5. The number of aromatic amines is 2. The quantitative estimate of drug-likeness (QED) is 0.0450. The molecule has 0 fully saturated rings. The van der Waals surface area contributed by atoms with Crippen molar-refractivity contribution >= 4 is 160 Å². The summed E-state index contributed by atoms with van der Waals surface area (Å²) < 4.78 is 15.4. The van der Waals surface area contributed by atoms with Crippen molar-refractivity contribution in [2.24, 2.45) is 5.11 Å². The molecular weight excluding hydrogens is 1190 g/mol. The Morgan fingerprint density at radius 1 is 0.512 bits per heavy atom. The lowest BCUT2D eigenvalue weighted by molar-refractivity contribution is -0.131. The Hall–Kier alpha value is -7.79. The van der Waals surface area contributed by atoms with Crippen LogP contribution in [-0.4, -0.2) is 58.2 Å². The zero-order valence-corrected chi connectivity index (χ0v) is 47.9. The Kier molecular flexibility index (Phi) is 25.0. The number of carbonyl (C=O) groups is 2. The molecule has 1 amide bonds. The van der Waals surface area contributed by atoms with Gasteiger partial charge in [0.2, 0.25) is 5.91 Å². The number of aliphatic carboxylic acids is 1. The van der Waals surface area contributed by atoms with Gasteiger partial charge < -0.3 is 29.3 Å². The first-order valence-corrected chi connectivity index (χ1v) is 25.8. The average molecular weight is 1240 g/mol. The fourth-order valence-electron chi connectivity index (χ4n) is 6.91. The molecule has 4 heterocycles. The Morgan fingerprint density at radius 3 is 1.38 bits per heavy atom. The van der Waals surface area contributed by atoms with E-state index < -0.39 is 11.9 Å². The number of nitrogens with zero attached hydrogens (tertiary/aromatic N) is 5. The molecule has 0 radical (unpaired) electrons. The van der Waals surface area contributed by atoms with E-state index in [0.717, 1.165) is 33.0 Å². The summed E-state index contributed by atoms with van der Waals surface area (Å²) in [5.41, 5.74) is 9.11. The highest BCUT2D eigenvalue weighted by molar-refractivity contribution is 6.40. The van der Waals surface area contributed by atoms with Crippen LogP contribution in [0.3, 0.4) is 0 Å². The van der Waals surface area contributed by atoms with Crippen molar-refractivity contribution in [3.05, 3.63) is 247 Å². The number of amides is 1. The van der Waals surface area contributed by atoms with Gasteiger partial charge in [-0.25, -0.2) is 14.8 Å². The number of rotatable bonds is 7. The van der Waals surface area contributed by atoms with Gasteiger partial charge in [0.15, 0.2) is 0 Å². The number of halogens is 8. The van der Waals surface area contributed by atoms with Gasteiger partial charge in [0.25, 0.3) is 11.1 Å². The van der Waals surface area contributed by atoms with Crippen LogP contribution in [-0.2, 0) is 9.59 Å². The van der Waals surface area contributed by atoms with Crippen molar-refractivity contribution in [3.63, 3.8) is 0 Å². The molecule has 0 aliphatic rings. The van der Waals surface area contributed by atoms with Gasteiger partial charge in [0.1, 0.15) is 27.6 Å². The van der Waals surface area contributed by atoms with E-state index in [0.29, 0.717) is 85.0 Å². The van der Waals surface area contributed by atoms with Crippen LogP contribution < -0.4 is 25.3 Å². The van der Waals surface area contributed by atoms with Crippen molar-refractivity contribution in [1.82, 2.24) is 19.9 Å². The monoisotopic (exact) mass is 1230 g/mol. The fraction of sp³-hybridized carbons (Fsp3) is 0.0526. The molecule has 0 saturated heterocycles. The lowest BCUT2D eigenvalue weighted by atomic mass is 10.1. The van der Waals surface area contributed by atoms with Crippen LogP contribution in [0.25, 0.3) is 65.7 Å². The summed E-state index contributed by atoms with van der Waals surface area (Å²) >= 11 is 47.4. The van der Waals surface area contributed by atoms with Crippen molar-refractivity contribution < 1.29 is 28.9 Å². The Labute approximate surface area is 496 Å². The molecule has 0 aliphatic carbocycles. The van der Waals surface area contributed by atoms with E-state index in [2.05, 4.69) is 30.0 Å². The first kappa shape index (κ1) is 63.0. The molecule has 10 aromatic rings. The van der Waals surface area contributed by atoms with E-state index in [-0.39, 0.29) is 11.1 Å². The van der Waals surface area contributed by atoms with Crippen LogP contribution in [0.5, 0.6) is 17.2 Å². The number of ether oxygens (including phenoxy) is 3. The molecule has 0 saturated carbocycles. The molecule has 80 heavy (non-hydrogen) atoms. The van der Waals surface area contributed by atoms with Gasteiger partial charge in [0, 0.05) is 76.2 Å². The minimum Gasteiger partial charge on any atom is -0.495 e. The van der Waals surface area contributed by atoms with Crippen molar-refractivity contribution in [2.75, 3.05) is 21.3 Å². The minimum atomic E-state index is -0.977. The number of methoxy groups -OCH3 is 3. The van der Waals surface area contributed by atoms with Crippen LogP contribution in [0.1, 0.15) is 11.1 Å². The van der Waals surface area contributed by atoms with E-state index in [1.807, 2.05) is 24.3 Å². The van der Waals surface area contributed by atoms with Gasteiger partial charge in [-0.1, -0.05) is 166 Å². The van der Waals surface area contributed by atoms with Crippen molar-refractivity contribution in [2.45, 2.75) is 0 Å². The van der Waals surface area contributed by atoms with Gasteiger partial charge in [0.05, 0.1) is 54.2 Å². The van der Waals surface area contributed by atoms with E-state index in [4.69, 9.17) is 118 Å². The molecule has 4 aromatic heterocycles. The second-order valence-corrected chi connectivity index (χ2v) is 18.7. The maximum Gasteiger partial charge on any atom is 0.328 e. The number of pyridine rings is 4. The number of benzene rings is 6. The minimum absolute atomic E-state index is 0.102. The van der Waals surface area contributed by atoms with E-state index >= 15 is 0 Å². The summed E-state index contributed by atoms with van der Waals surface area (Å²) in [4.78, 5) is 59.1. The van der Waals surface area contributed by atoms with Gasteiger partial charge >= 0.3 is 5.97 Å². The van der Waals surface area contributed by atoms with Crippen LogP contribution in [0.4, 0.5) is 0 Å². The number of carboxylic acid groups (broad SMARTS) is 1. The molecule has 6 aromatic carbocycles. The summed E-state index contributed by atoms with van der Waals surface area (Å²) in [6, 6.07) is 37.3. The molecule has 0 aliphatic heterocycles. The summed E-state index contributed by atoms with van der Waals surface area (Å²) in [7, 11) is 4.69. The van der Waals surface area contributed by atoms with Crippen LogP contribution >= 0.6 is 92.8 Å². The van der Waals surface area contributed by atoms with Gasteiger partial charge in [-0.15, -0.1) is 0 Å². The smallest absolute Gasteiger partial charge is 0.328 e. The van der Waals surface area contributed by atoms with Crippen LogP contribution in [0, 0.1) is 0 Å². The number of azide groups is 1. The summed E-state index contributed by atoms with van der Waals surface area (Å²) in [5, 5.41) is 21.4. The zero-order valence-electron chi connectivity index (χ0n) is 41.8. The fourth-order valence-corrected chi connectivity index (χ4v) is 8.76. The third-order valence-electron chi connectivity index (χ3n) is 10.6. The van der Waals surface area contributed by atoms with Gasteiger partial charge in [-0.2, -0.15) is 0 Å². The number of carboxylic acids is 1. The Morgan fingerprint density at radius 2 is 0.925 bits per heavy atom. The first-order chi connectivity index (χ1) is 38.4. The summed E-state index contributed by atoms with van der Waals surface area (Å²) in [5.74, 6) is 0.220. The maximum absolute atomic E-state index is 11.4. The standard InChI is InChI=1S/2C10H7Cl2NO.C10H8ClNO2.C9H6ClN3O.C9H6ClNO.C9H7ClO2/c2*1-14-8-5-13-10(12)6-3-2-4-7(11)9(6)8;1-14-8-5-12-10(13)6-3-2-4-7(11)9(6)8;10-8-4-2-1-3-7(8)5-6-9(14)12-13-11;10-8-3-1-2-7-6(8)4-5-11-9(7)12;10-8-4-2-1-3-7(8)5-6-9(11)12/h2*2-5H,1H3;2-5H,1H3,(H,12,13);1-6H;1-5H,(H,11,12);1-6H,(H,11,12)/b;;;6-5+;;6-5+. The number of nitrogens with one attached hydrogen (secondary N) is 2. The van der Waals surface area contributed by atoms with Crippen LogP contribution in [0.15, 0.2) is 179 Å². The first-order valence-electron chi connectivity index (χ1n) is 22.7. The molecule has 0 unspecified atom stereocenters. The highest BCUT2D eigenvalue weighted by Gasteiger charge is 2.11. The summed E-state index contributed by atoms with van der Waals surface area (Å²) in [6.07, 6.45) is 11.4. The van der Waals surface area contributed by atoms with Gasteiger partial charge in [-0.3, -0.25) is 14.4 Å². The molecule has 3 N–H and O–H groups in total. The van der Waals surface area contributed by atoms with Crippen molar-refractivity contribution in [3.8, 4) is 17.2 Å². The number of hydrogen-bond donors (Lipinski definition) is 3. The lowest BCUT2D eigenvalue weighted by Gasteiger charge is -2.07. The molecule has 23 heteroatoms. The number of fused-ring (bicyclic) bond motifs is 4. The number of carbonyl (C=O) groups excluding carboxylic acids is 1. The molecule has 0 atom stereocenters. The number of hydrogen-bond acceptors (Lipinski definition) is 9. The summed E-state index contributed by atoms with van der Waals surface area (Å²) in [6.45, 7) is 0. The third-order valence-corrected chi connectivity index (χ3v) is 13.1. The lowest BCUT2D eigenvalue weighted by Crippen LogP contribution is -2.06. The van der Waals surface area contributed by atoms with E-state index in [1.54, 1.807) is 136 Å². The maximum atomic E-state index is 11.4. The zero-order chi connectivity index (χ0) is 58.3. The SMILES string of the molecule is COc1c[nH]c(=O)c2cccc(Cl)c12.COc1cnc(Cl)c2cccc(Cl)c12.COc1cnc(Cl)c2cccc(Cl)c12.O=C(O)/C=C/c1ccccc1Cl.O=c1[nH]ccc2c(Cl)cccc12.[N-]=[N+]=NC(=O)/C=C/c1ccccc1Cl. The largest absolute Gasteiger partial charge is 0.495 e. The Balaban J connectivity index is 0.000000177. The molecule has 408 valence electrons. The van der Waals surface area contributed by atoms with E-state index in [9.17, 15) is 19.2 Å². The van der Waals surface area contributed by atoms with E-state index in [1.165, 1.54) is 31.5 Å². The molecule has 0 spiro atoms. The molecular formula is C57H41Cl8N7O8. The molecule has 10 rings (SSSR count). The highest BCUT2D eigenvalue weighted by atomic mass is 35.5. The van der Waals surface area contributed by atoms with Crippen LogP contribution in [0.2, 0.25) is 40.4 Å². The number of H-pyrrole nitrogens is 2. The molecule has 0 bridgehead atoms. The predicted molar refractivity (Wildman–Crippen MR) is 325 cm³/mol. The normalized spacial score (nSPS) is 10.3. The third kappa shape index (κ3) is 17.6. The topological polar surface area (TPSA) is 222 Å². The van der Waals surface area contributed by atoms with Crippen molar-refractivity contribution in [1.29, 1.82) is 0 Å². The van der Waals surface area contributed by atoms with Gasteiger partial charge in [-0.05, 0) is 94.6 Å². The number of aromatic nitrogens is 4. The predicted octanol–water partition coefficient (Wildman–Crippen LogP) is 17.1. The molecule has 15 nitrogen and oxygen atoms in total. The Bertz CT molecular complexity index is 3970. The average Bonchev–Trinajstić information content (AvgIpc) is 3.46. The second kappa shape index (κ2) is 31.7. The highest BCUT2D eigenvalue weighted by Crippen LogP contribution is 2.36.